The van der Waals surface area contributed by atoms with Crippen LogP contribution in [0.1, 0.15) is 35.8 Å². The number of piperazine rings is 2. The van der Waals surface area contributed by atoms with Crippen LogP contribution < -0.4 is 10.1 Å². The van der Waals surface area contributed by atoms with E-state index in [2.05, 4.69) is 15.2 Å². The van der Waals surface area contributed by atoms with Crippen molar-refractivity contribution < 1.29 is 28.7 Å². The van der Waals surface area contributed by atoms with E-state index >= 15 is 0 Å². The highest BCUT2D eigenvalue weighted by molar-refractivity contribution is 5.98. The van der Waals surface area contributed by atoms with Crippen molar-refractivity contribution in [2.75, 3.05) is 79.2 Å². The molecule has 2 aliphatic rings. The molecule has 4 amide bonds. The fourth-order valence-corrected chi connectivity index (χ4v) is 4.72. The van der Waals surface area contributed by atoms with E-state index in [0.29, 0.717) is 62.5 Å². The number of amides is 4. The van der Waals surface area contributed by atoms with Crippen LogP contribution in [-0.4, -0.2) is 128 Å². The largest absolute Gasteiger partial charge is 0.483 e. The van der Waals surface area contributed by atoms with Gasteiger partial charge in [0.1, 0.15) is 11.4 Å². The second kappa shape index (κ2) is 14.1. The second-order valence-corrected chi connectivity index (χ2v) is 10.5. The van der Waals surface area contributed by atoms with Gasteiger partial charge in [-0.3, -0.25) is 14.4 Å². The van der Waals surface area contributed by atoms with E-state index in [1.54, 1.807) is 14.7 Å². The van der Waals surface area contributed by atoms with Crippen LogP contribution in [0.15, 0.2) is 24.3 Å². The van der Waals surface area contributed by atoms with Gasteiger partial charge in [-0.2, -0.15) is 0 Å². The number of carbonyl (C=O) groups excluding carboxylic acids is 4. The van der Waals surface area contributed by atoms with Crippen molar-refractivity contribution in [2.24, 2.45) is 0 Å². The summed E-state index contributed by atoms with van der Waals surface area (Å²) in [6.45, 7) is 8.41. The van der Waals surface area contributed by atoms with Crippen LogP contribution in [-0.2, 0) is 14.3 Å². The van der Waals surface area contributed by atoms with Crippen molar-refractivity contribution in [2.45, 2.75) is 26.7 Å². The minimum absolute atomic E-state index is 0.0950. The summed E-state index contributed by atoms with van der Waals surface area (Å²) in [6.07, 6.45) is 1.40. The van der Waals surface area contributed by atoms with E-state index in [4.69, 9.17) is 9.47 Å². The molecule has 12 nitrogen and oxygen atoms in total. The number of unbranched alkanes of at least 4 members (excludes halogenated alkanes) is 1. The second-order valence-electron chi connectivity index (χ2n) is 10.5. The number of nitrogens with zero attached hydrogens (tertiary/aromatic N) is 5. The summed E-state index contributed by atoms with van der Waals surface area (Å²) in [4.78, 5) is 62.4. The Labute approximate surface area is 240 Å². The summed E-state index contributed by atoms with van der Waals surface area (Å²) in [5, 5.41) is 3.35. The van der Waals surface area contributed by atoms with Gasteiger partial charge in [0.05, 0.1) is 18.7 Å². The van der Waals surface area contributed by atoms with Crippen LogP contribution in [0.5, 0.6) is 5.75 Å². The summed E-state index contributed by atoms with van der Waals surface area (Å²) in [6, 6.07) is 7.14. The normalized spacial score (nSPS) is 16.0. The topological polar surface area (TPSA) is 125 Å². The molecule has 1 aromatic carbocycles. The number of rotatable bonds is 9. The summed E-state index contributed by atoms with van der Waals surface area (Å²) in [7, 11) is 2.03. The Morgan fingerprint density at radius 1 is 0.902 bits per heavy atom. The molecule has 0 bridgehead atoms. The number of likely N-dealkylation sites (N-methyl/N-ethyl adjacent to an activating group) is 1. The number of aromatic nitrogens is 1. The monoisotopic (exact) mass is 568 g/mol. The van der Waals surface area contributed by atoms with Crippen LogP contribution in [0.3, 0.4) is 0 Å². The Kier molecular flexibility index (Phi) is 10.3. The molecule has 2 fully saturated rings. The first-order valence-electron chi connectivity index (χ1n) is 14.2. The third-order valence-corrected chi connectivity index (χ3v) is 7.38. The number of nitrogens with one attached hydrogen (secondary N) is 1. The van der Waals surface area contributed by atoms with Gasteiger partial charge in [-0.15, -0.1) is 0 Å². The molecule has 12 heteroatoms. The molecular weight excluding hydrogens is 528 g/mol. The Bertz CT molecular complexity index is 1250. The fraction of sp³-hybridized carbons (Fsp3) is 0.552. The molecule has 2 saturated heterocycles. The van der Waals surface area contributed by atoms with Gasteiger partial charge < -0.3 is 34.4 Å². The van der Waals surface area contributed by atoms with Gasteiger partial charge in [0.2, 0.25) is 5.91 Å². The van der Waals surface area contributed by atoms with E-state index in [-0.39, 0.29) is 36.8 Å². The number of pyridine rings is 1. The van der Waals surface area contributed by atoms with Gasteiger partial charge in [-0.25, -0.2) is 9.78 Å². The van der Waals surface area contributed by atoms with Gasteiger partial charge in [0.25, 0.3) is 11.8 Å². The summed E-state index contributed by atoms with van der Waals surface area (Å²) < 4.78 is 11.2. The number of carbonyl (C=O) groups is 4. The van der Waals surface area contributed by atoms with Crippen molar-refractivity contribution in [3.8, 4) is 5.75 Å². The van der Waals surface area contributed by atoms with Gasteiger partial charge >= 0.3 is 6.09 Å². The van der Waals surface area contributed by atoms with Crippen LogP contribution in [0, 0.1) is 6.92 Å². The van der Waals surface area contributed by atoms with E-state index in [1.807, 2.05) is 39.1 Å². The average molecular weight is 569 g/mol. The smallest absolute Gasteiger partial charge is 0.409 e. The molecule has 41 heavy (non-hydrogen) atoms. The summed E-state index contributed by atoms with van der Waals surface area (Å²) in [5.74, 6) is -0.490. The van der Waals surface area contributed by atoms with Crippen LogP contribution >= 0.6 is 0 Å². The number of ether oxygens (including phenoxy) is 2. The maximum atomic E-state index is 13.0. The number of hydrogen-bond acceptors (Lipinski definition) is 8. The zero-order chi connectivity index (χ0) is 29.4. The highest BCUT2D eigenvalue weighted by Crippen LogP contribution is 2.26. The quantitative estimate of drug-likeness (QED) is 0.452. The number of benzene rings is 1. The Morgan fingerprint density at radius 3 is 2.27 bits per heavy atom. The SMILES string of the molecule is CCCCOC(=O)N1CCN(C(=O)CNC(=O)c2cc(OCC(=O)N3CCN(C)CC3)c3ccc(C)cc3n2)CC1. The molecule has 1 N–H and O–H groups in total. The first-order chi connectivity index (χ1) is 19.7. The summed E-state index contributed by atoms with van der Waals surface area (Å²) >= 11 is 0. The molecule has 3 heterocycles. The molecule has 1 aromatic heterocycles. The maximum absolute atomic E-state index is 13.0. The molecule has 2 aromatic rings. The molecule has 4 rings (SSSR count). The van der Waals surface area contributed by atoms with E-state index in [9.17, 15) is 19.2 Å². The number of aryl methyl sites for hydroxylation is 1. The van der Waals surface area contributed by atoms with Crippen LogP contribution in [0.25, 0.3) is 10.9 Å². The predicted molar refractivity (Wildman–Crippen MR) is 153 cm³/mol. The zero-order valence-corrected chi connectivity index (χ0v) is 24.2. The zero-order valence-electron chi connectivity index (χ0n) is 24.2. The lowest BCUT2D eigenvalue weighted by Gasteiger charge is -2.34. The van der Waals surface area contributed by atoms with Gasteiger partial charge in [0.15, 0.2) is 6.61 Å². The molecule has 0 saturated carbocycles. The maximum Gasteiger partial charge on any atom is 0.409 e. The minimum Gasteiger partial charge on any atom is -0.483 e. The minimum atomic E-state index is -0.518. The van der Waals surface area contributed by atoms with E-state index in [0.717, 1.165) is 31.5 Å². The van der Waals surface area contributed by atoms with Gasteiger partial charge in [-0.05, 0) is 38.1 Å². The van der Waals surface area contributed by atoms with E-state index in [1.165, 1.54) is 6.07 Å². The summed E-state index contributed by atoms with van der Waals surface area (Å²) in [5.41, 5.74) is 1.62. The average Bonchev–Trinajstić information content (AvgIpc) is 2.98. The third-order valence-electron chi connectivity index (χ3n) is 7.38. The molecular formula is C29H40N6O6. The van der Waals surface area contributed by atoms with Crippen molar-refractivity contribution in [3.05, 3.63) is 35.5 Å². The van der Waals surface area contributed by atoms with E-state index < -0.39 is 5.91 Å². The molecule has 0 aliphatic carbocycles. The third kappa shape index (κ3) is 8.06. The van der Waals surface area contributed by atoms with Crippen LogP contribution in [0.4, 0.5) is 4.79 Å². The Balaban J connectivity index is 1.34. The highest BCUT2D eigenvalue weighted by atomic mass is 16.6. The number of hydrogen-bond donors (Lipinski definition) is 1. The number of fused-ring (bicyclic) bond motifs is 1. The van der Waals surface area contributed by atoms with Gasteiger partial charge in [0, 0.05) is 63.8 Å². The van der Waals surface area contributed by atoms with Crippen molar-refractivity contribution in [1.82, 2.24) is 29.9 Å². The standard InChI is InChI=1S/C29H40N6O6/c1-4-5-16-40-29(39)35-14-12-33(13-15-35)26(36)19-30-28(38)24-18-25(22-7-6-21(2)17-23(22)31-24)41-20-27(37)34-10-8-32(3)9-11-34/h6-7,17-18H,4-5,8-16,19-20H2,1-3H3,(H,30,38). The molecule has 2 aliphatic heterocycles. The van der Waals surface area contributed by atoms with Crippen molar-refractivity contribution >= 4 is 34.7 Å². The van der Waals surface area contributed by atoms with Gasteiger partial charge in [-0.1, -0.05) is 19.4 Å². The fourth-order valence-electron chi connectivity index (χ4n) is 4.72. The predicted octanol–water partition coefficient (Wildman–Crippen LogP) is 1.51. The lowest BCUT2D eigenvalue weighted by atomic mass is 10.1. The Hall–Kier alpha value is -3.93. The Morgan fingerprint density at radius 2 is 1.56 bits per heavy atom. The molecule has 0 radical (unpaired) electrons. The molecule has 0 unspecified atom stereocenters. The lowest BCUT2D eigenvalue weighted by Crippen LogP contribution is -2.52. The molecule has 0 atom stereocenters. The van der Waals surface area contributed by atoms with Crippen molar-refractivity contribution in [3.63, 3.8) is 0 Å². The first kappa shape index (κ1) is 30.0. The highest BCUT2D eigenvalue weighted by Gasteiger charge is 2.26. The molecule has 222 valence electrons. The lowest BCUT2D eigenvalue weighted by molar-refractivity contribution is -0.135. The first-order valence-corrected chi connectivity index (χ1v) is 14.2. The van der Waals surface area contributed by atoms with Crippen LogP contribution in [0.2, 0.25) is 0 Å². The van der Waals surface area contributed by atoms with Crippen molar-refractivity contribution in [1.29, 1.82) is 0 Å². The molecule has 0 spiro atoms.